The molecule has 0 aromatic carbocycles. The van der Waals surface area contributed by atoms with Gasteiger partial charge < -0.3 is 10.4 Å². The summed E-state index contributed by atoms with van der Waals surface area (Å²) in [7, 11) is 0. The smallest absolute Gasteiger partial charge is 0.0632 e. The maximum absolute atomic E-state index is 10.0. The molecular formula is C14H28N2O. The maximum atomic E-state index is 10.0. The lowest BCUT2D eigenvalue weighted by atomic mass is 9.98. The van der Waals surface area contributed by atoms with E-state index in [4.69, 9.17) is 0 Å². The summed E-state index contributed by atoms with van der Waals surface area (Å²) in [5.74, 6) is 0. The zero-order valence-corrected chi connectivity index (χ0v) is 11.5. The molecule has 1 heterocycles. The minimum Gasteiger partial charge on any atom is -0.390 e. The van der Waals surface area contributed by atoms with E-state index in [-0.39, 0.29) is 0 Å². The third kappa shape index (κ3) is 6.20. The van der Waals surface area contributed by atoms with Gasteiger partial charge >= 0.3 is 0 Å². The van der Waals surface area contributed by atoms with Crippen molar-refractivity contribution in [2.24, 2.45) is 0 Å². The third-order valence-electron chi connectivity index (χ3n) is 3.41. The summed E-state index contributed by atoms with van der Waals surface area (Å²) in [4.78, 5) is 2.41. The molecule has 1 aliphatic heterocycles. The lowest BCUT2D eigenvalue weighted by Crippen LogP contribution is -2.31. The molecule has 100 valence electrons. The molecule has 0 aliphatic carbocycles. The van der Waals surface area contributed by atoms with Crippen LogP contribution in [0.3, 0.4) is 0 Å². The van der Waals surface area contributed by atoms with Gasteiger partial charge in [-0.3, -0.25) is 4.90 Å². The number of nitrogens with zero attached hydrogens (tertiary/aromatic N) is 1. The Hall–Kier alpha value is -0.380. The Morgan fingerprint density at radius 2 is 2.18 bits per heavy atom. The van der Waals surface area contributed by atoms with E-state index in [0.29, 0.717) is 0 Å². The van der Waals surface area contributed by atoms with Crippen molar-refractivity contribution in [3.63, 3.8) is 0 Å². The highest BCUT2D eigenvalue weighted by Crippen LogP contribution is 2.21. The normalized spacial score (nSPS) is 26.8. The second kappa shape index (κ2) is 7.14. The standard InChI is InChI=1S/C14H28N2O/c1-4-8-15-11-13(2)12-16-9-5-6-14(3,17)7-10-16/h15,17H,2,4-12H2,1,3H3. The molecule has 3 nitrogen and oxygen atoms in total. The van der Waals surface area contributed by atoms with Crippen LogP contribution in [0.4, 0.5) is 0 Å². The van der Waals surface area contributed by atoms with E-state index in [1.54, 1.807) is 0 Å². The van der Waals surface area contributed by atoms with E-state index in [1.807, 2.05) is 6.92 Å². The largest absolute Gasteiger partial charge is 0.390 e. The summed E-state index contributed by atoms with van der Waals surface area (Å²) in [6, 6.07) is 0. The first-order chi connectivity index (χ1) is 8.03. The van der Waals surface area contributed by atoms with Gasteiger partial charge in [-0.15, -0.1) is 0 Å². The first kappa shape index (κ1) is 14.7. The summed E-state index contributed by atoms with van der Waals surface area (Å²) in [5, 5.41) is 13.4. The van der Waals surface area contributed by atoms with Crippen molar-refractivity contribution in [1.29, 1.82) is 0 Å². The fraction of sp³-hybridized carbons (Fsp3) is 0.857. The predicted octanol–water partition coefficient (Wildman–Crippen LogP) is 1.78. The first-order valence-corrected chi connectivity index (χ1v) is 6.85. The van der Waals surface area contributed by atoms with E-state index in [9.17, 15) is 5.11 Å². The van der Waals surface area contributed by atoms with Crippen LogP contribution in [0.15, 0.2) is 12.2 Å². The van der Waals surface area contributed by atoms with Gasteiger partial charge in [0, 0.05) is 19.6 Å². The Bertz CT molecular complexity index is 238. The lowest BCUT2D eigenvalue weighted by Gasteiger charge is -2.23. The molecule has 0 saturated carbocycles. The van der Waals surface area contributed by atoms with Crippen molar-refractivity contribution in [3.05, 3.63) is 12.2 Å². The van der Waals surface area contributed by atoms with Crippen LogP contribution in [-0.4, -0.2) is 48.3 Å². The molecule has 3 heteroatoms. The Kier molecular flexibility index (Phi) is 6.17. The molecule has 17 heavy (non-hydrogen) atoms. The lowest BCUT2D eigenvalue weighted by molar-refractivity contribution is 0.0449. The minimum atomic E-state index is -0.462. The molecule has 2 N–H and O–H groups in total. The van der Waals surface area contributed by atoms with Crippen LogP contribution in [0.1, 0.15) is 39.5 Å². The summed E-state index contributed by atoms with van der Waals surface area (Å²) < 4.78 is 0. The van der Waals surface area contributed by atoms with Crippen LogP contribution in [0.25, 0.3) is 0 Å². The summed E-state index contributed by atoms with van der Waals surface area (Å²) in [5.41, 5.74) is 0.788. The van der Waals surface area contributed by atoms with Gasteiger partial charge in [0.05, 0.1) is 5.60 Å². The monoisotopic (exact) mass is 240 g/mol. The van der Waals surface area contributed by atoms with E-state index >= 15 is 0 Å². The molecular weight excluding hydrogens is 212 g/mol. The average molecular weight is 240 g/mol. The quantitative estimate of drug-likeness (QED) is 0.549. The number of rotatable bonds is 6. The van der Waals surface area contributed by atoms with Crippen molar-refractivity contribution in [2.75, 3.05) is 32.7 Å². The van der Waals surface area contributed by atoms with Crippen LogP contribution in [0.2, 0.25) is 0 Å². The molecule has 0 bridgehead atoms. The molecule has 0 amide bonds. The van der Waals surface area contributed by atoms with E-state index < -0.39 is 5.60 Å². The second-order valence-corrected chi connectivity index (χ2v) is 5.55. The SMILES string of the molecule is C=C(CNCCC)CN1CCCC(C)(O)CC1. The van der Waals surface area contributed by atoms with Crippen molar-refractivity contribution >= 4 is 0 Å². The number of hydrogen-bond acceptors (Lipinski definition) is 3. The fourth-order valence-electron chi connectivity index (χ4n) is 2.29. The second-order valence-electron chi connectivity index (χ2n) is 5.55. The van der Waals surface area contributed by atoms with Gasteiger partial charge in [0.2, 0.25) is 0 Å². The summed E-state index contributed by atoms with van der Waals surface area (Å²) in [6.45, 7) is 13.3. The highest BCUT2D eigenvalue weighted by atomic mass is 16.3. The van der Waals surface area contributed by atoms with Crippen molar-refractivity contribution in [1.82, 2.24) is 10.2 Å². The number of nitrogens with one attached hydrogen (secondary N) is 1. The molecule has 0 radical (unpaired) electrons. The number of likely N-dealkylation sites (tertiary alicyclic amines) is 1. The van der Waals surface area contributed by atoms with Gasteiger partial charge in [-0.25, -0.2) is 0 Å². The molecule has 1 rings (SSSR count). The predicted molar refractivity (Wildman–Crippen MR) is 73.2 cm³/mol. The van der Waals surface area contributed by atoms with Crippen molar-refractivity contribution in [2.45, 2.75) is 45.1 Å². The van der Waals surface area contributed by atoms with Gasteiger partial charge in [-0.1, -0.05) is 13.5 Å². The van der Waals surface area contributed by atoms with Gasteiger partial charge in [0.1, 0.15) is 0 Å². The van der Waals surface area contributed by atoms with Crippen molar-refractivity contribution < 1.29 is 5.11 Å². The molecule has 1 aliphatic rings. The zero-order chi connectivity index (χ0) is 12.7. The van der Waals surface area contributed by atoms with Gasteiger partial charge in [0.15, 0.2) is 0 Å². The van der Waals surface area contributed by atoms with Crippen LogP contribution in [-0.2, 0) is 0 Å². The molecule has 1 unspecified atom stereocenters. The fourth-order valence-corrected chi connectivity index (χ4v) is 2.29. The number of hydrogen-bond donors (Lipinski definition) is 2. The highest BCUT2D eigenvalue weighted by molar-refractivity contribution is 5.00. The zero-order valence-electron chi connectivity index (χ0n) is 11.5. The van der Waals surface area contributed by atoms with Gasteiger partial charge in [-0.05, 0) is 51.3 Å². The van der Waals surface area contributed by atoms with Crippen LogP contribution in [0, 0.1) is 0 Å². The Morgan fingerprint density at radius 1 is 1.41 bits per heavy atom. The van der Waals surface area contributed by atoms with Gasteiger partial charge in [-0.2, -0.15) is 0 Å². The molecule has 1 saturated heterocycles. The minimum absolute atomic E-state index is 0.462. The molecule has 0 aromatic heterocycles. The molecule has 0 spiro atoms. The molecule has 1 atom stereocenters. The maximum Gasteiger partial charge on any atom is 0.0632 e. The van der Waals surface area contributed by atoms with E-state index in [0.717, 1.165) is 52.0 Å². The summed E-state index contributed by atoms with van der Waals surface area (Å²) in [6.07, 6.45) is 4.05. The Labute approximate surface area is 106 Å². The molecule has 0 aromatic rings. The summed E-state index contributed by atoms with van der Waals surface area (Å²) >= 11 is 0. The topological polar surface area (TPSA) is 35.5 Å². The van der Waals surface area contributed by atoms with E-state index in [2.05, 4.69) is 23.7 Å². The Balaban J connectivity index is 2.24. The molecule has 1 fully saturated rings. The highest BCUT2D eigenvalue weighted by Gasteiger charge is 2.24. The first-order valence-electron chi connectivity index (χ1n) is 6.85. The van der Waals surface area contributed by atoms with Crippen molar-refractivity contribution in [3.8, 4) is 0 Å². The number of aliphatic hydroxyl groups is 1. The average Bonchev–Trinajstić information content (AvgIpc) is 2.41. The van der Waals surface area contributed by atoms with Crippen LogP contribution in [0.5, 0.6) is 0 Å². The van der Waals surface area contributed by atoms with E-state index in [1.165, 1.54) is 12.0 Å². The Morgan fingerprint density at radius 3 is 2.88 bits per heavy atom. The van der Waals surface area contributed by atoms with Gasteiger partial charge in [0.25, 0.3) is 0 Å². The van der Waals surface area contributed by atoms with Crippen LogP contribution >= 0.6 is 0 Å². The van der Waals surface area contributed by atoms with Crippen LogP contribution < -0.4 is 5.32 Å². The third-order valence-corrected chi connectivity index (χ3v) is 3.41.